The van der Waals surface area contributed by atoms with Gasteiger partial charge in [-0.1, -0.05) is 32.3 Å². The predicted molar refractivity (Wildman–Crippen MR) is 83.3 cm³/mol. The largest absolute Gasteiger partial charge is 0.491 e. The molecule has 0 saturated heterocycles. The Labute approximate surface area is 122 Å². The van der Waals surface area contributed by atoms with Crippen LogP contribution in [0, 0.1) is 0 Å². The van der Waals surface area contributed by atoms with Crippen LogP contribution < -0.4 is 10.1 Å². The number of aliphatic hydroxyl groups is 1. The molecule has 0 spiro atoms. The van der Waals surface area contributed by atoms with E-state index in [9.17, 15) is 5.11 Å². The average molecular weight is 277 g/mol. The third-order valence-corrected chi connectivity index (χ3v) is 4.15. The minimum absolute atomic E-state index is 0.229. The van der Waals surface area contributed by atoms with Crippen molar-refractivity contribution in [2.45, 2.75) is 64.1 Å². The standard InChI is InChI=1S/C17H27NO2/c1-3-14(2)20-16-9-7-8-15(12-16)18-13-17(19)10-5-4-6-11-17/h7-9,12,14,18-19H,3-6,10-11,13H2,1-2H3. The maximum atomic E-state index is 10.5. The molecule has 0 aromatic heterocycles. The molecular weight excluding hydrogens is 250 g/mol. The van der Waals surface area contributed by atoms with Gasteiger partial charge in [-0.2, -0.15) is 0 Å². The summed E-state index contributed by atoms with van der Waals surface area (Å²) >= 11 is 0. The Morgan fingerprint density at radius 2 is 2.05 bits per heavy atom. The van der Waals surface area contributed by atoms with E-state index in [1.165, 1.54) is 6.42 Å². The third kappa shape index (κ3) is 4.41. The molecule has 1 unspecified atom stereocenters. The lowest BCUT2D eigenvalue weighted by atomic mass is 9.85. The van der Waals surface area contributed by atoms with Crippen molar-refractivity contribution in [3.8, 4) is 5.75 Å². The number of benzene rings is 1. The summed E-state index contributed by atoms with van der Waals surface area (Å²) in [4.78, 5) is 0. The highest BCUT2D eigenvalue weighted by Crippen LogP contribution is 2.28. The number of anilines is 1. The topological polar surface area (TPSA) is 41.5 Å². The van der Waals surface area contributed by atoms with E-state index >= 15 is 0 Å². The molecule has 112 valence electrons. The molecule has 1 aliphatic carbocycles. The molecule has 1 aromatic rings. The highest BCUT2D eigenvalue weighted by atomic mass is 16.5. The fourth-order valence-corrected chi connectivity index (χ4v) is 2.65. The Balaban J connectivity index is 1.90. The Hall–Kier alpha value is -1.22. The van der Waals surface area contributed by atoms with Crippen LogP contribution in [0.4, 0.5) is 5.69 Å². The number of rotatable bonds is 6. The van der Waals surface area contributed by atoms with Gasteiger partial charge in [0, 0.05) is 18.3 Å². The van der Waals surface area contributed by atoms with Crippen molar-refractivity contribution in [3.05, 3.63) is 24.3 Å². The van der Waals surface area contributed by atoms with E-state index < -0.39 is 5.60 Å². The van der Waals surface area contributed by atoms with Gasteiger partial charge in [-0.15, -0.1) is 0 Å². The van der Waals surface area contributed by atoms with Crippen molar-refractivity contribution in [2.75, 3.05) is 11.9 Å². The lowest BCUT2D eigenvalue weighted by Gasteiger charge is -2.32. The minimum atomic E-state index is -0.536. The highest BCUT2D eigenvalue weighted by Gasteiger charge is 2.28. The Morgan fingerprint density at radius 1 is 1.30 bits per heavy atom. The second-order valence-electron chi connectivity index (χ2n) is 6.00. The van der Waals surface area contributed by atoms with E-state index in [2.05, 4.69) is 19.2 Å². The maximum absolute atomic E-state index is 10.5. The van der Waals surface area contributed by atoms with Crippen molar-refractivity contribution >= 4 is 5.69 Å². The second kappa shape index (κ2) is 6.98. The lowest BCUT2D eigenvalue weighted by molar-refractivity contribution is 0.0167. The molecule has 0 bridgehead atoms. The molecule has 1 fully saturated rings. The van der Waals surface area contributed by atoms with Gasteiger partial charge in [0.15, 0.2) is 0 Å². The normalized spacial score (nSPS) is 19.4. The van der Waals surface area contributed by atoms with Crippen LogP contribution in [0.5, 0.6) is 5.75 Å². The van der Waals surface area contributed by atoms with Gasteiger partial charge in [-0.3, -0.25) is 0 Å². The quantitative estimate of drug-likeness (QED) is 0.826. The van der Waals surface area contributed by atoms with Gasteiger partial charge in [0.2, 0.25) is 0 Å². The molecule has 1 atom stereocenters. The van der Waals surface area contributed by atoms with Crippen molar-refractivity contribution < 1.29 is 9.84 Å². The molecule has 0 amide bonds. The summed E-state index contributed by atoms with van der Waals surface area (Å²) in [5.74, 6) is 0.889. The third-order valence-electron chi connectivity index (χ3n) is 4.15. The zero-order valence-corrected chi connectivity index (χ0v) is 12.7. The molecule has 1 saturated carbocycles. The molecule has 0 heterocycles. The van der Waals surface area contributed by atoms with Crippen LogP contribution in [0.25, 0.3) is 0 Å². The Morgan fingerprint density at radius 3 is 2.75 bits per heavy atom. The maximum Gasteiger partial charge on any atom is 0.121 e. The van der Waals surface area contributed by atoms with Gasteiger partial charge in [0.25, 0.3) is 0 Å². The number of hydrogen-bond acceptors (Lipinski definition) is 3. The van der Waals surface area contributed by atoms with Gasteiger partial charge < -0.3 is 15.2 Å². The van der Waals surface area contributed by atoms with Gasteiger partial charge in [-0.25, -0.2) is 0 Å². The van der Waals surface area contributed by atoms with Crippen molar-refractivity contribution in [1.82, 2.24) is 0 Å². The smallest absolute Gasteiger partial charge is 0.121 e. The lowest BCUT2D eigenvalue weighted by Crippen LogP contribution is -2.38. The Bertz CT molecular complexity index is 413. The van der Waals surface area contributed by atoms with E-state index in [-0.39, 0.29) is 6.10 Å². The molecule has 0 radical (unpaired) electrons. The summed E-state index contributed by atoms with van der Waals surface area (Å²) in [7, 11) is 0. The molecule has 2 rings (SSSR count). The van der Waals surface area contributed by atoms with E-state index in [1.54, 1.807) is 0 Å². The summed E-state index contributed by atoms with van der Waals surface area (Å²) in [6.45, 7) is 4.82. The Kier molecular flexibility index (Phi) is 5.30. The summed E-state index contributed by atoms with van der Waals surface area (Å²) in [6.07, 6.45) is 6.56. The summed E-state index contributed by atoms with van der Waals surface area (Å²) in [5, 5.41) is 13.8. The number of hydrogen-bond donors (Lipinski definition) is 2. The predicted octanol–water partition coefficient (Wildman–Crippen LogP) is 3.97. The van der Waals surface area contributed by atoms with E-state index in [4.69, 9.17) is 4.74 Å². The first-order valence-corrected chi connectivity index (χ1v) is 7.84. The van der Waals surface area contributed by atoms with Crippen LogP contribution in [0.2, 0.25) is 0 Å². The summed E-state index contributed by atoms with van der Waals surface area (Å²) in [5.41, 5.74) is 0.482. The molecule has 3 heteroatoms. The molecule has 20 heavy (non-hydrogen) atoms. The first kappa shape index (κ1) is 15.2. The molecule has 1 aliphatic rings. The van der Waals surface area contributed by atoms with Crippen LogP contribution >= 0.6 is 0 Å². The minimum Gasteiger partial charge on any atom is -0.491 e. The van der Waals surface area contributed by atoms with Gasteiger partial charge in [-0.05, 0) is 38.3 Å². The van der Waals surface area contributed by atoms with Crippen molar-refractivity contribution in [3.63, 3.8) is 0 Å². The molecular formula is C17H27NO2. The van der Waals surface area contributed by atoms with Crippen LogP contribution in [0.1, 0.15) is 52.4 Å². The highest BCUT2D eigenvalue weighted by molar-refractivity contribution is 5.48. The zero-order valence-electron chi connectivity index (χ0n) is 12.7. The summed E-state index contributed by atoms with van der Waals surface area (Å²) in [6, 6.07) is 8.01. The summed E-state index contributed by atoms with van der Waals surface area (Å²) < 4.78 is 5.82. The van der Waals surface area contributed by atoms with E-state index in [1.807, 2.05) is 24.3 Å². The first-order valence-electron chi connectivity index (χ1n) is 7.84. The second-order valence-corrected chi connectivity index (χ2v) is 6.00. The molecule has 1 aromatic carbocycles. The molecule has 0 aliphatic heterocycles. The fourth-order valence-electron chi connectivity index (χ4n) is 2.65. The van der Waals surface area contributed by atoms with Gasteiger partial charge in [0.1, 0.15) is 5.75 Å². The average Bonchev–Trinajstić information content (AvgIpc) is 2.46. The number of ether oxygens (including phenoxy) is 1. The van der Waals surface area contributed by atoms with E-state index in [0.717, 1.165) is 43.5 Å². The van der Waals surface area contributed by atoms with Crippen LogP contribution in [-0.2, 0) is 0 Å². The van der Waals surface area contributed by atoms with Gasteiger partial charge >= 0.3 is 0 Å². The number of nitrogens with one attached hydrogen (secondary N) is 1. The van der Waals surface area contributed by atoms with E-state index in [0.29, 0.717) is 6.54 Å². The van der Waals surface area contributed by atoms with Gasteiger partial charge in [0.05, 0.1) is 11.7 Å². The van der Waals surface area contributed by atoms with Crippen molar-refractivity contribution in [1.29, 1.82) is 0 Å². The SMILES string of the molecule is CCC(C)Oc1cccc(NCC2(O)CCCCC2)c1. The van der Waals surface area contributed by atoms with Crippen molar-refractivity contribution in [2.24, 2.45) is 0 Å². The van der Waals surface area contributed by atoms with Crippen LogP contribution in [-0.4, -0.2) is 23.4 Å². The molecule has 2 N–H and O–H groups in total. The molecule has 3 nitrogen and oxygen atoms in total. The zero-order chi connectivity index (χ0) is 14.4. The van der Waals surface area contributed by atoms with Crippen LogP contribution in [0.3, 0.4) is 0 Å². The monoisotopic (exact) mass is 277 g/mol. The fraction of sp³-hybridized carbons (Fsp3) is 0.647. The first-order chi connectivity index (χ1) is 9.61. The van der Waals surface area contributed by atoms with Crippen LogP contribution in [0.15, 0.2) is 24.3 Å².